The number of phenols is 1. The molecule has 0 atom stereocenters. The smallest absolute Gasteiger partial charge is 0.407 e. The number of aromatic hydroxyl groups is 1. The van der Waals surface area contributed by atoms with Gasteiger partial charge in [-0.15, -0.1) is 0 Å². The number of amides is 2. The van der Waals surface area contributed by atoms with Gasteiger partial charge in [0, 0.05) is 23.7 Å². The van der Waals surface area contributed by atoms with Crippen LogP contribution in [0, 0.1) is 0 Å². The number of nitrogens with one attached hydrogen (secondary N) is 2. The van der Waals surface area contributed by atoms with E-state index in [9.17, 15) is 19.5 Å². The second-order valence-electron chi connectivity index (χ2n) is 8.08. The van der Waals surface area contributed by atoms with E-state index in [4.69, 9.17) is 9.84 Å². The monoisotopic (exact) mass is 472 g/mol. The Morgan fingerprint density at radius 1 is 0.971 bits per heavy atom. The molecule has 0 spiro atoms. The predicted molar refractivity (Wildman–Crippen MR) is 131 cm³/mol. The molecule has 0 bridgehead atoms. The van der Waals surface area contributed by atoms with Gasteiger partial charge in [0.15, 0.2) is 0 Å². The van der Waals surface area contributed by atoms with Crippen LogP contribution in [0.4, 0.5) is 10.5 Å². The summed E-state index contributed by atoms with van der Waals surface area (Å²) in [7, 11) is 0. The molecule has 0 saturated heterocycles. The number of aromatic carboxylic acids is 1. The van der Waals surface area contributed by atoms with Crippen LogP contribution >= 0.6 is 0 Å². The number of fused-ring (bicyclic) bond motifs is 3. The molecule has 1 aliphatic rings. The SMILES string of the molecule is C/C(=C\CNC(=O)OCC1c2ccccc2-c2ccccc21)C(=O)Nc1ccc(O)c(C(=O)O)c1. The first-order valence-corrected chi connectivity index (χ1v) is 11.0. The summed E-state index contributed by atoms with van der Waals surface area (Å²) < 4.78 is 5.47. The van der Waals surface area contributed by atoms with Crippen molar-refractivity contribution in [1.29, 1.82) is 0 Å². The van der Waals surface area contributed by atoms with Gasteiger partial charge in [-0.1, -0.05) is 54.6 Å². The summed E-state index contributed by atoms with van der Waals surface area (Å²) in [4.78, 5) is 35.7. The Morgan fingerprint density at radius 3 is 2.23 bits per heavy atom. The lowest BCUT2D eigenvalue weighted by atomic mass is 9.98. The lowest BCUT2D eigenvalue weighted by Gasteiger charge is -2.14. The van der Waals surface area contributed by atoms with E-state index >= 15 is 0 Å². The normalized spacial score (nSPS) is 12.4. The van der Waals surface area contributed by atoms with Crippen LogP contribution in [0.5, 0.6) is 5.75 Å². The van der Waals surface area contributed by atoms with Crippen LogP contribution in [0.1, 0.15) is 34.3 Å². The first-order chi connectivity index (χ1) is 16.8. The minimum absolute atomic E-state index is 0.0443. The third-order valence-corrected chi connectivity index (χ3v) is 5.84. The van der Waals surface area contributed by atoms with Gasteiger partial charge in [-0.2, -0.15) is 0 Å². The molecular weight excluding hydrogens is 448 g/mol. The summed E-state index contributed by atoms with van der Waals surface area (Å²) in [6.07, 6.45) is 0.927. The standard InChI is InChI=1S/C27H24N2O6/c1-16(25(31)29-17-10-11-24(30)22(14-17)26(32)33)12-13-28-27(34)35-15-23-20-8-4-2-6-18(20)19-7-3-5-9-21(19)23/h2-12,14,23,30H,13,15H2,1H3,(H,28,34)(H,29,31)(H,32,33)/b16-12+. The van der Waals surface area contributed by atoms with Crippen molar-refractivity contribution in [2.24, 2.45) is 0 Å². The summed E-state index contributed by atoms with van der Waals surface area (Å²) in [5.41, 5.74) is 4.75. The number of anilines is 1. The van der Waals surface area contributed by atoms with Crippen molar-refractivity contribution in [3.8, 4) is 16.9 Å². The van der Waals surface area contributed by atoms with Gasteiger partial charge >= 0.3 is 12.1 Å². The number of carboxylic acids is 1. The summed E-state index contributed by atoms with van der Waals surface area (Å²) in [6.45, 7) is 1.83. The molecule has 1 aliphatic carbocycles. The van der Waals surface area contributed by atoms with Crippen molar-refractivity contribution >= 4 is 23.7 Å². The molecule has 0 saturated carbocycles. The van der Waals surface area contributed by atoms with E-state index in [1.54, 1.807) is 6.92 Å². The number of benzene rings is 3. The largest absolute Gasteiger partial charge is 0.507 e. The number of carbonyl (C=O) groups excluding carboxylic acids is 2. The van der Waals surface area contributed by atoms with E-state index in [-0.39, 0.29) is 30.3 Å². The van der Waals surface area contributed by atoms with Crippen LogP contribution in [0.3, 0.4) is 0 Å². The number of hydrogen-bond acceptors (Lipinski definition) is 5. The Bertz CT molecular complexity index is 1290. The lowest BCUT2D eigenvalue weighted by molar-refractivity contribution is -0.112. The fourth-order valence-corrected chi connectivity index (χ4v) is 4.04. The zero-order valence-electron chi connectivity index (χ0n) is 18.9. The zero-order valence-corrected chi connectivity index (χ0v) is 18.9. The second kappa shape index (κ2) is 10.1. The van der Waals surface area contributed by atoms with Gasteiger partial charge in [-0.25, -0.2) is 9.59 Å². The molecule has 0 fully saturated rings. The molecule has 8 heteroatoms. The third kappa shape index (κ3) is 5.16. The van der Waals surface area contributed by atoms with Gasteiger partial charge in [-0.3, -0.25) is 4.79 Å². The summed E-state index contributed by atoms with van der Waals surface area (Å²) >= 11 is 0. The average Bonchev–Trinajstić information content (AvgIpc) is 3.17. The number of ether oxygens (including phenoxy) is 1. The second-order valence-corrected chi connectivity index (χ2v) is 8.08. The number of alkyl carbamates (subject to hydrolysis) is 1. The molecule has 3 aromatic rings. The molecule has 3 aromatic carbocycles. The highest BCUT2D eigenvalue weighted by molar-refractivity contribution is 6.04. The van der Waals surface area contributed by atoms with Crippen LogP contribution in [0.15, 0.2) is 78.4 Å². The van der Waals surface area contributed by atoms with E-state index in [0.29, 0.717) is 5.57 Å². The van der Waals surface area contributed by atoms with E-state index in [0.717, 1.165) is 28.3 Å². The molecule has 0 radical (unpaired) electrons. The van der Waals surface area contributed by atoms with Gasteiger partial charge in [0.1, 0.15) is 17.9 Å². The quantitative estimate of drug-likeness (QED) is 0.296. The summed E-state index contributed by atoms with van der Waals surface area (Å²) in [6, 6.07) is 19.9. The summed E-state index contributed by atoms with van der Waals surface area (Å²) in [5, 5.41) is 23.8. The average molecular weight is 472 g/mol. The maximum absolute atomic E-state index is 12.4. The highest BCUT2D eigenvalue weighted by Gasteiger charge is 2.28. The molecule has 0 heterocycles. The molecule has 0 aromatic heterocycles. The topological polar surface area (TPSA) is 125 Å². The van der Waals surface area contributed by atoms with Gasteiger partial charge in [0.05, 0.1) is 0 Å². The van der Waals surface area contributed by atoms with E-state index < -0.39 is 23.7 Å². The van der Waals surface area contributed by atoms with E-state index in [1.807, 2.05) is 36.4 Å². The van der Waals surface area contributed by atoms with Crippen LogP contribution in [-0.2, 0) is 9.53 Å². The molecule has 0 unspecified atom stereocenters. The summed E-state index contributed by atoms with van der Waals surface area (Å²) in [5.74, 6) is -2.22. The Kier molecular flexibility index (Phi) is 6.82. The van der Waals surface area contributed by atoms with Crippen molar-refractivity contribution in [3.63, 3.8) is 0 Å². The van der Waals surface area contributed by atoms with E-state index in [1.165, 1.54) is 18.2 Å². The van der Waals surface area contributed by atoms with Gasteiger partial charge in [0.2, 0.25) is 0 Å². The number of carbonyl (C=O) groups is 3. The van der Waals surface area contributed by atoms with Crippen molar-refractivity contribution in [3.05, 3.63) is 95.1 Å². The minimum Gasteiger partial charge on any atom is -0.507 e. The molecule has 4 rings (SSSR count). The van der Waals surface area contributed by atoms with Crippen LogP contribution in [0.2, 0.25) is 0 Å². The predicted octanol–water partition coefficient (Wildman–Crippen LogP) is 4.51. The highest BCUT2D eigenvalue weighted by atomic mass is 16.5. The van der Waals surface area contributed by atoms with Crippen molar-refractivity contribution < 1.29 is 29.3 Å². The molecule has 178 valence electrons. The Hall–Kier alpha value is -4.59. The van der Waals surface area contributed by atoms with Crippen LogP contribution < -0.4 is 10.6 Å². The van der Waals surface area contributed by atoms with Gasteiger partial charge < -0.3 is 25.6 Å². The maximum atomic E-state index is 12.4. The molecule has 0 aliphatic heterocycles. The lowest BCUT2D eigenvalue weighted by Crippen LogP contribution is -2.26. The Labute approximate surface area is 201 Å². The first-order valence-electron chi connectivity index (χ1n) is 11.0. The molecule has 4 N–H and O–H groups in total. The number of hydrogen-bond donors (Lipinski definition) is 4. The van der Waals surface area contributed by atoms with E-state index in [2.05, 4.69) is 22.8 Å². The van der Waals surface area contributed by atoms with Crippen molar-refractivity contribution in [2.45, 2.75) is 12.8 Å². The van der Waals surface area contributed by atoms with Crippen LogP contribution in [-0.4, -0.2) is 41.3 Å². The van der Waals surface area contributed by atoms with Crippen molar-refractivity contribution in [2.75, 3.05) is 18.5 Å². The van der Waals surface area contributed by atoms with Gasteiger partial charge in [0.25, 0.3) is 5.91 Å². The molecule has 35 heavy (non-hydrogen) atoms. The fourth-order valence-electron chi connectivity index (χ4n) is 4.04. The maximum Gasteiger partial charge on any atom is 0.407 e. The Balaban J connectivity index is 1.30. The highest BCUT2D eigenvalue weighted by Crippen LogP contribution is 2.44. The minimum atomic E-state index is -1.31. The number of carboxylic acid groups (broad SMARTS) is 1. The molecular formula is C27H24N2O6. The zero-order chi connectivity index (χ0) is 24.9. The number of rotatable bonds is 7. The Morgan fingerprint density at radius 2 is 1.60 bits per heavy atom. The first kappa shape index (κ1) is 23.6. The third-order valence-electron chi connectivity index (χ3n) is 5.84. The van der Waals surface area contributed by atoms with Crippen LogP contribution in [0.25, 0.3) is 11.1 Å². The van der Waals surface area contributed by atoms with Crippen molar-refractivity contribution in [1.82, 2.24) is 5.32 Å². The fraction of sp³-hybridized carbons (Fsp3) is 0.148. The molecule has 2 amide bonds. The molecule has 8 nitrogen and oxygen atoms in total. The van der Waals surface area contributed by atoms with Gasteiger partial charge in [-0.05, 0) is 47.4 Å².